The highest BCUT2D eigenvalue weighted by molar-refractivity contribution is 9.10. The van der Waals surface area contributed by atoms with Crippen LogP contribution < -0.4 is 5.32 Å². The Labute approximate surface area is 155 Å². The molecule has 1 N–H and O–H groups in total. The van der Waals surface area contributed by atoms with Crippen molar-refractivity contribution in [1.82, 2.24) is 9.88 Å². The molecule has 0 aromatic carbocycles. The molecule has 2 heterocycles. The lowest BCUT2D eigenvalue weighted by atomic mass is 10.1. The maximum absolute atomic E-state index is 13.9. The minimum Gasteiger partial charge on any atom is -0.444 e. The molecular weight excluding hydrogens is 393 g/mol. The van der Waals surface area contributed by atoms with E-state index in [1.54, 1.807) is 26.8 Å². The number of anilines is 1. The molecule has 0 unspecified atom stereocenters. The van der Waals surface area contributed by atoms with E-state index in [0.717, 1.165) is 10.5 Å². The summed E-state index contributed by atoms with van der Waals surface area (Å²) in [5, 5.41) is 2.72. The van der Waals surface area contributed by atoms with E-state index in [-0.39, 0.29) is 13.0 Å². The van der Waals surface area contributed by atoms with Crippen molar-refractivity contribution >= 4 is 33.7 Å². The van der Waals surface area contributed by atoms with E-state index in [1.165, 1.54) is 0 Å². The fourth-order valence-electron chi connectivity index (χ4n) is 2.61. The monoisotopic (exact) mass is 415 g/mol. The van der Waals surface area contributed by atoms with Crippen LogP contribution >= 0.6 is 15.9 Å². The Kier molecular flexibility index (Phi) is 6.03. The van der Waals surface area contributed by atoms with Gasteiger partial charge in [-0.3, -0.25) is 9.69 Å². The van der Waals surface area contributed by atoms with Crippen molar-refractivity contribution in [3.63, 3.8) is 0 Å². The van der Waals surface area contributed by atoms with Crippen LogP contribution in [0, 0.1) is 0 Å². The van der Waals surface area contributed by atoms with Crippen molar-refractivity contribution in [1.29, 1.82) is 0 Å². The number of amides is 2. The Hall–Kier alpha value is -1.70. The summed E-state index contributed by atoms with van der Waals surface area (Å²) in [5.41, 5.74) is 0.142. The predicted molar refractivity (Wildman–Crippen MR) is 96.2 cm³/mol. The van der Waals surface area contributed by atoms with Gasteiger partial charge in [0.15, 0.2) is 0 Å². The van der Waals surface area contributed by atoms with Crippen LogP contribution in [-0.2, 0) is 16.0 Å². The fourth-order valence-corrected chi connectivity index (χ4v) is 2.92. The molecule has 8 heteroatoms. The number of hydrogen-bond acceptors (Lipinski definition) is 4. The molecule has 138 valence electrons. The van der Waals surface area contributed by atoms with Gasteiger partial charge in [-0.2, -0.15) is 0 Å². The van der Waals surface area contributed by atoms with Gasteiger partial charge in [-0.05, 0) is 54.8 Å². The smallest absolute Gasteiger partial charge is 0.411 e. The molecule has 2 rings (SSSR count). The second-order valence-electron chi connectivity index (χ2n) is 6.97. The molecule has 0 saturated carbocycles. The number of alkyl halides is 1. The normalized spacial score (nSPS) is 20.5. The number of nitrogens with zero attached hydrogens (tertiary/aromatic N) is 2. The Balaban J connectivity index is 2.16. The molecule has 1 saturated heterocycles. The summed E-state index contributed by atoms with van der Waals surface area (Å²) in [6, 6.07) is 2.72. The quantitative estimate of drug-likeness (QED) is 0.763. The van der Waals surface area contributed by atoms with E-state index in [9.17, 15) is 14.0 Å². The van der Waals surface area contributed by atoms with Gasteiger partial charge < -0.3 is 10.1 Å². The van der Waals surface area contributed by atoms with Crippen molar-refractivity contribution in [2.45, 2.75) is 58.4 Å². The van der Waals surface area contributed by atoms with Gasteiger partial charge in [0, 0.05) is 6.42 Å². The van der Waals surface area contributed by atoms with Crippen molar-refractivity contribution in [3.8, 4) is 0 Å². The van der Waals surface area contributed by atoms with Gasteiger partial charge in [0.05, 0.1) is 6.54 Å². The van der Waals surface area contributed by atoms with Crippen LogP contribution in [0.4, 0.5) is 15.0 Å². The van der Waals surface area contributed by atoms with E-state index < -0.39 is 29.8 Å². The molecule has 0 radical (unpaired) electrons. The van der Waals surface area contributed by atoms with Gasteiger partial charge in [0.1, 0.15) is 28.2 Å². The van der Waals surface area contributed by atoms with Crippen LogP contribution in [-0.4, -0.2) is 46.2 Å². The first-order chi connectivity index (χ1) is 11.6. The second kappa shape index (κ2) is 7.68. The van der Waals surface area contributed by atoms with Gasteiger partial charge in [0.2, 0.25) is 5.91 Å². The van der Waals surface area contributed by atoms with Crippen LogP contribution in [0.2, 0.25) is 0 Å². The number of nitrogens with one attached hydrogen (secondary N) is 1. The number of ether oxygens (including phenoxy) is 1. The summed E-state index contributed by atoms with van der Waals surface area (Å²) in [7, 11) is 0. The molecule has 1 aliphatic rings. The number of rotatable bonds is 3. The fraction of sp³-hybridized carbons (Fsp3) is 0.588. The molecule has 6 nitrogen and oxygen atoms in total. The zero-order valence-corrected chi connectivity index (χ0v) is 16.4. The second-order valence-corrected chi connectivity index (χ2v) is 7.78. The number of aromatic nitrogens is 1. The summed E-state index contributed by atoms with van der Waals surface area (Å²) in [6.45, 7) is 6.96. The van der Waals surface area contributed by atoms with E-state index in [2.05, 4.69) is 26.2 Å². The minimum absolute atomic E-state index is 0.0550. The zero-order valence-electron chi connectivity index (χ0n) is 14.8. The van der Waals surface area contributed by atoms with Gasteiger partial charge in [-0.25, -0.2) is 14.2 Å². The Morgan fingerprint density at radius 3 is 2.72 bits per heavy atom. The lowest BCUT2D eigenvalue weighted by Crippen LogP contribution is -2.45. The van der Waals surface area contributed by atoms with Crippen molar-refractivity contribution in [3.05, 3.63) is 22.3 Å². The highest BCUT2D eigenvalue weighted by Gasteiger charge is 2.41. The van der Waals surface area contributed by atoms with Gasteiger partial charge >= 0.3 is 6.09 Å². The van der Waals surface area contributed by atoms with Crippen LogP contribution in [0.15, 0.2) is 16.7 Å². The minimum atomic E-state index is -1.26. The van der Waals surface area contributed by atoms with E-state index in [0.29, 0.717) is 16.8 Å². The predicted octanol–water partition coefficient (Wildman–Crippen LogP) is 3.69. The number of carbonyl (C=O) groups excluding carboxylic acids is 2. The third kappa shape index (κ3) is 5.14. The number of hydrogen-bond donors (Lipinski definition) is 1. The number of aryl methyl sites for hydroxylation is 1. The summed E-state index contributed by atoms with van der Waals surface area (Å²) in [4.78, 5) is 30.3. The van der Waals surface area contributed by atoms with Gasteiger partial charge in [0.25, 0.3) is 0 Å². The third-order valence-electron chi connectivity index (χ3n) is 3.75. The first-order valence-electron chi connectivity index (χ1n) is 8.20. The van der Waals surface area contributed by atoms with Crippen LogP contribution in [0.1, 0.15) is 39.7 Å². The first kappa shape index (κ1) is 19.6. The van der Waals surface area contributed by atoms with E-state index in [4.69, 9.17) is 4.74 Å². The number of likely N-dealkylation sites (tertiary alicyclic amines) is 1. The Morgan fingerprint density at radius 2 is 2.12 bits per heavy atom. The number of carbonyl (C=O) groups is 2. The van der Waals surface area contributed by atoms with Crippen LogP contribution in [0.5, 0.6) is 0 Å². The topological polar surface area (TPSA) is 71.5 Å². The van der Waals surface area contributed by atoms with E-state index >= 15 is 0 Å². The highest BCUT2D eigenvalue weighted by Crippen LogP contribution is 2.25. The lowest BCUT2D eigenvalue weighted by molar-refractivity contribution is -0.120. The van der Waals surface area contributed by atoms with Crippen molar-refractivity contribution < 1.29 is 18.7 Å². The Morgan fingerprint density at radius 1 is 1.44 bits per heavy atom. The van der Waals surface area contributed by atoms with Crippen LogP contribution in [0.3, 0.4) is 0 Å². The van der Waals surface area contributed by atoms with Crippen molar-refractivity contribution in [2.75, 3.05) is 11.9 Å². The zero-order chi connectivity index (χ0) is 18.8. The molecule has 2 atom stereocenters. The molecule has 1 fully saturated rings. The van der Waals surface area contributed by atoms with Crippen LogP contribution in [0.25, 0.3) is 0 Å². The SMILES string of the molecule is CCc1ccc(Br)nc1NC(=O)[C@@H]1C[C@@H](F)CN1C(=O)OC(C)(C)C. The number of pyridine rings is 1. The maximum atomic E-state index is 13.9. The molecule has 1 aromatic heterocycles. The molecule has 25 heavy (non-hydrogen) atoms. The summed E-state index contributed by atoms with van der Waals surface area (Å²) in [6.07, 6.45) is -1.32. The summed E-state index contributed by atoms with van der Waals surface area (Å²) < 4.78 is 19.7. The number of halogens is 2. The maximum Gasteiger partial charge on any atom is 0.411 e. The average Bonchev–Trinajstić information content (AvgIpc) is 2.88. The molecule has 0 bridgehead atoms. The molecule has 1 aromatic rings. The Bertz CT molecular complexity index is 663. The van der Waals surface area contributed by atoms with Gasteiger partial charge in [-0.1, -0.05) is 13.0 Å². The highest BCUT2D eigenvalue weighted by atomic mass is 79.9. The van der Waals surface area contributed by atoms with Crippen molar-refractivity contribution in [2.24, 2.45) is 0 Å². The third-order valence-corrected chi connectivity index (χ3v) is 4.19. The largest absolute Gasteiger partial charge is 0.444 e. The average molecular weight is 416 g/mol. The van der Waals surface area contributed by atoms with Gasteiger partial charge in [-0.15, -0.1) is 0 Å². The molecule has 0 aliphatic carbocycles. The summed E-state index contributed by atoms with van der Waals surface area (Å²) >= 11 is 3.27. The molecule has 0 spiro atoms. The van der Waals surface area contributed by atoms with E-state index in [1.807, 2.05) is 13.0 Å². The standard InChI is InChI=1S/C17H23BrFN3O3/c1-5-10-6-7-13(18)20-14(10)21-15(23)12-8-11(19)9-22(12)16(24)25-17(2,3)4/h6-7,11-12H,5,8-9H2,1-4H3,(H,20,21,23)/t11-,12+/m1/s1. The summed E-state index contributed by atoms with van der Waals surface area (Å²) in [5.74, 6) is -0.0559. The first-order valence-corrected chi connectivity index (χ1v) is 9.00. The molecular formula is C17H23BrFN3O3. The molecule has 2 amide bonds. The molecule has 1 aliphatic heterocycles. The lowest BCUT2D eigenvalue weighted by Gasteiger charge is -2.27.